The number of anilines is 1. The quantitative estimate of drug-likeness (QED) is 0.861. The number of halogens is 1. The third kappa shape index (κ3) is 2.28. The van der Waals surface area contributed by atoms with E-state index >= 15 is 0 Å². The largest absolute Gasteiger partial charge is 0.449 e. The van der Waals surface area contributed by atoms with Crippen LogP contribution in [0, 0.1) is 5.92 Å². The van der Waals surface area contributed by atoms with Crippen LogP contribution in [-0.4, -0.2) is 31.0 Å². The minimum absolute atomic E-state index is 0.0113. The van der Waals surface area contributed by atoms with E-state index in [1.807, 2.05) is 0 Å². The van der Waals surface area contributed by atoms with E-state index < -0.39 is 0 Å². The summed E-state index contributed by atoms with van der Waals surface area (Å²) in [6, 6.07) is 6.94. The average molecular weight is 242 g/mol. The van der Waals surface area contributed by atoms with Crippen LogP contribution in [0.2, 0.25) is 5.02 Å². The van der Waals surface area contributed by atoms with Gasteiger partial charge in [-0.2, -0.15) is 0 Å². The summed E-state index contributed by atoms with van der Waals surface area (Å²) in [7, 11) is 0. The normalized spacial score (nSPS) is 20.8. The van der Waals surface area contributed by atoms with Crippen LogP contribution in [-0.2, 0) is 4.74 Å². The van der Waals surface area contributed by atoms with Crippen LogP contribution in [0.25, 0.3) is 0 Å². The molecule has 1 heterocycles. The van der Waals surface area contributed by atoms with Gasteiger partial charge in [0.15, 0.2) is 0 Å². The van der Waals surface area contributed by atoms with Gasteiger partial charge in [0.25, 0.3) is 0 Å². The lowest BCUT2D eigenvalue weighted by molar-refractivity contribution is 0.0900. The maximum absolute atomic E-state index is 11.5. The second kappa shape index (κ2) is 4.72. The first-order valence-electron chi connectivity index (χ1n) is 5.01. The molecule has 1 aliphatic rings. The Labute approximate surface area is 98.4 Å². The summed E-state index contributed by atoms with van der Waals surface area (Å²) in [5.41, 5.74) is 0.729. The van der Waals surface area contributed by atoms with E-state index in [2.05, 4.69) is 0 Å². The molecule has 1 aromatic rings. The van der Waals surface area contributed by atoms with Crippen LogP contribution < -0.4 is 4.90 Å². The summed E-state index contributed by atoms with van der Waals surface area (Å²) >= 11 is 5.77. The predicted molar refractivity (Wildman–Crippen MR) is 60.7 cm³/mol. The molecule has 0 bridgehead atoms. The third-order valence-corrected chi connectivity index (χ3v) is 2.75. The van der Waals surface area contributed by atoms with Gasteiger partial charge in [-0.15, -0.1) is 0 Å². The molecule has 0 saturated carbocycles. The Hall–Kier alpha value is -1.26. The molecule has 1 atom stereocenters. The maximum atomic E-state index is 11.5. The first kappa shape index (κ1) is 11.2. The van der Waals surface area contributed by atoms with Crippen molar-refractivity contribution in [1.82, 2.24) is 0 Å². The molecular formula is C11H12ClNO3. The van der Waals surface area contributed by atoms with Crippen LogP contribution in [0.3, 0.4) is 0 Å². The van der Waals surface area contributed by atoms with Crippen molar-refractivity contribution < 1.29 is 14.6 Å². The minimum Gasteiger partial charge on any atom is -0.449 e. The van der Waals surface area contributed by atoms with Crippen molar-refractivity contribution in [3.8, 4) is 0 Å². The molecular weight excluding hydrogens is 230 g/mol. The molecule has 2 rings (SSSR count). The first-order valence-corrected chi connectivity index (χ1v) is 5.39. The van der Waals surface area contributed by atoms with Crippen LogP contribution >= 0.6 is 11.6 Å². The summed E-state index contributed by atoms with van der Waals surface area (Å²) in [5, 5.41) is 9.67. The summed E-state index contributed by atoms with van der Waals surface area (Å²) in [5.74, 6) is -0.0339. The Kier molecular flexibility index (Phi) is 3.31. The number of aliphatic hydroxyl groups excluding tert-OH is 1. The Morgan fingerprint density at radius 3 is 2.75 bits per heavy atom. The van der Waals surface area contributed by atoms with E-state index in [4.69, 9.17) is 21.4 Å². The van der Waals surface area contributed by atoms with Crippen LogP contribution in [0.1, 0.15) is 0 Å². The van der Waals surface area contributed by atoms with Crippen molar-refractivity contribution in [2.24, 2.45) is 5.92 Å². The number of cyclic esters (lactones) is 1. The fourth-order valence-electron chi connectivity index (χ4n) is 1.59. The number of hydrogen-bond donors (Lipinski definition) is 1. The zero-order valence-corrected chi connectivity index (χ0v) is 9.35. The van der Waals surface area contributed by atoms with Crippen molar-refractivity contribution in [2.75, 3.05) is 24.7 Å². The number of carbonyl (C=O) groups is 1. The SMILES string of the molecule is O=C1OCC(CO)CN1c1ccc(Cl)cc1. The molecule has 1 saturated heterocycles. The fourth-order valence-corrected chi connectivity index (χ4v) is 1.72. The Morgan fingerprint density at radius 1 is 1.44 bits per heavy atom. The number of amides is 1. The molecule has 16 heavy (non-hydrogen) atoms. The molecule has 1 aromatic carbocycles. The minimum atomic E-state index is -0.382. The van der Waals surface area contributed by atoms with Crippen molar-refractivity contribution in [3.05, 3.63) is 29.3 Å². The smallest absolute Gasteiger partial charge is 0.414 e. The third-order valence-electron chi connectivity index (χ3n) is 2.50. The van der Waals surface area contributed by atoms with Gasteiger partial charge in [0.1, 0.15) is 0 Å². The lowest BCUT2D eigenvalue weighted by atomic mass is 10.1. The highest BCUT2D eigenvalue weighted by Gasteiger charge is 2.27. The zero-order valence-electron chi connectivity index (χ0n) is 8.60. The number of ether oxygens (including phenoxy) is 1. The fraction of sp³-hybridized carbons (Fsp3) is 0.364. The molecule has 0 radical (unpaired) electrons. The lowest BCUT2D eigenvalue weighted by Crippen LogP contribution is -2.44. The number of benzene rings is 1. The van der Waals surface area contributed by atoms with Crippen LogP contribution in [0.15, 0.2) is 24.3 Å². The molecule has 1 amide bonds. The number of hydrogen-bond acceptors (Lipinski definition) is 3. The Balaban J connectivity index is 2.17. The summed E-state index contributed by atoms with van der Waals surface area (Å²) in [4.78, 5) is 13.0. The van der Waals surface area contributed by atoms with E-state index in [0.717, 1.165) is 5.69 Å². The predicted octanol–water partition coefficient (Wildman–Crippen LogP) is 1.91. The topological polar surface area (TPSA) is 49.8 Å². The van der Waals surface area contributed by atoms with Crippen molar-refractivity contribution in [2.45, 2.75) is 0 Å². The number of rotatable bonds is 2. The molecule has 0 spiro atoms. The molecule has 4 nitrogen and oxygen atoms in total. The Bertz CT molecular complexity index is 379. The standard InChI is InChI=1S/C11H12ClNO3/c12-9-1-3-10(4-2-9)13-5-8(6-14)7-16-11(13)15/h1-4,8,14H,5-7H2. The van der Waals surface area contributed by atoms with Gasteiger partial charge in [0.2, 0.25) is 0 Å². The second-order valence-corrected chi connectivity index (χ2v) is 4.15. The van der Waals surface area contributed by atoms with Crippen molar-refractivity contribution >= 4 is 23.4 Å². The van der Waals surface area contributed by atoms with Crippen LogP contribution in [0.5, 0.6) is 0 Å². The summed E-state index contributed by atoms with van der Waals surface area (Å²) < 4.78 is 4.97. The van der Waals surface area contributed by atoms with Gasteiger partial charge in [0.05, 0.1) is 13.2 Å². The average Bonchev–Trinajstić information content (AvgIpc) is 2.31. The molecule has 0 aliphatic carbocycles. The molecule has 1 unspecified atom stereocenters. The van der Waals surface area contributed by atoms with Gasteiger partial charge in [-0.3, -0.25) is 4.90 Å². The van der Waals surface area contributed by atoms with Gasteiger partial charge in [-0.1, -0.05) is 11.6 Å². The number of nitrogens with zero attached hydrogens (tertiary/aromatic N) is 1. The highest BCUT2D eigenvalue weighted by atomic mass is 35.5. The lowest BCUT2D eigenvalue weighted by Gasteiger charge is -2.31. The van der Waals surface area contributed by atoms with Gasteiger partial charge in [-0.25, -0.2) is 4.79 Å². The molecule has 1 fully saturated rings. The van der Waals surface area contributed by atoms with E-state index in [-0.39, 0.29) is 25.2 Å². The van der Waals surface area contributed by atoms with Crippen LogP contribution in [0.4, 0.5) is 10.5 Å². The van der Waals surface area contributed by atoms with Gasteiger partial charge in [-0.05, 0) is 24.3 Å². The van der Waals surface area contributed by atoms with Crippen molar-refractivity contribution in [3.63, 3.8) is 0 Å². The molecule has 1 N–H and O–H groups in total. The molecule has 1 aliphatic heterocycles. The van der Waals surface area contributed by atoms with E-state index in [0.29, 0.717) is 11.6 Å². The van der Waals surface area contributed by atoms with Crippen molar-refractivity contribution in [1.29, 1.82) is 0 Å². The monoisotopic (exact) mass is 241 g/mol. The number of carbonyl (C=O) groups excluding carboxylic acids is 1. The van der Waals surface area contributed by atoms with Gasteiger partial charge >= 0.3 is 6.09 Å². The Morgan fingerprint density at radius 2 is 2.12 bits per heavy atom. The van der Waals surface area contributed by atoms with E-state index in [1.165, 1.54) is 4.90 Å². The highest BCUT2D eigenvalue weighted by Crippen LogP contribution is 2.22. The first-order chi connectivity index (χ1) is 7.70. The molecule has 0 aromatic heterocycles. The second-order valence-electron chi connectivity index (χ2n) is 3.71. The highest BCUT2D eigenvalue weighted by molar-refractivity contribution is 6.30. The summed E-state index contributed by atoms with van der Waals surface area (Å²) in [6.07, 6.45) is -0.382. The molecule has 86 valence electrons. The summed E-state index contributed by atoms with van der Waals surface area (Å²) in [6.45, 7) is 0.758. The van der Waals surface area contributed by atoms with E-state index in [1.54, 1.807) is 24.3 Å². The zero-order chi connectivity index (χ0) is 11.5. The van der Waals surface area contributed by atoms with Gasteiger partial charge < -0.3 is 9.84 Å². The maximum Gasteiger partial charge on any atom is 0.414 e. The van der Waals surface area contributed by atoms with Gasteiger partial charge in [0, 0.05) is 23.2 Å². The molecule has 5 heteroatoms. The number of aliphatic hydroxyl groups is 1. The van der Waals surface area contributed by atoms with E-state index in [9.17, 15) is 4.79 Å².